The SMILES string of the molecule is Cc1cc(CN2CCN(CC(=O)Nc3ccc(C)c(F)c3)CC2)on1. The Labute approximate surface area is 146 Å². The fourth-order valence-electron chi connectivity index (χ4n) is 2.89. The van der Waals surface area contributed by atoms with E-state index in [0.717, 1.165) is 44.2 Å². The molecule has 3 rings (SSSR count). The van der Waals surface area contributed by atoms with E-state index in [9.17, 15) is 9.18 Å². The number of benzene rings is 1. The molecule has 25 heavy (non-hydrogen) atoms. The van der Waals surface area contributed by atoms with Crippen LogP contribution < -0.4 is 5.32 Å². The van der Waals surface area contributed by atoms with Gasteiger partial charge in [0.05, 0.1) is 18.8 Å². The van der Waals surface area contributed by atoms with E-state index < -0.39 is 0 Å². The first-order valence-corrected chi connectivity index (χ1v) is 8.42. The molecule has 1 aliphatic rings. The fraction of sp³-hybridized carbons (Fsp3) is 0.444. The molecule has 0 saturated carbocycles. The first-order valence-electron chi connectivity index (χ1n) is 8.42. The van der Waals surface area contributed by atoms with Gasteiger partial charge in [0, 0.05) is 37.9 Å². The number of amides is 1. The van der Waals surface area contributed by atoms with Gasteiger partial charge in [-0.2, -0.15) is 0 Å². The second kappa shape index (κ2) is 7.76. The zero-order valence-electron chi connectivity index (χ0n) is 14.6. The van der Waals surface area contributed by atoms with E-state index in [0.29, 0.717) is 17.8 Å². The van der Waals surface area contributed by atoms with Gasteiger partial charge in [0.2, 0.25) is 5.91 Å². The Morgan fingerprint density at radius 2 is 1.92 bits per heavy atom. The molecule has 0 unspecified atom stereocenters. The lowest BCUT2D eigenvalue weighted by atomic mass is 10.2. The fourth-order valence-corrected chi connectivity index (χ4v) is 2.89. The predicted molar refractivity (Wildman–Crippen MR) is 92.7 cm³/mol. The summed E-state index contributed by atoms with van der Waals surface area (Å²) in [5, 5.41) is 6.65. The number of rotatable bonds is 5. The molecule has 2 aromatic rings. The zero-order valence-corrected chi connectivity index (χ0v) is 14.6. The number of hydrogen-bond acceptors (Lipinski definition) is 5. The third-order valence-electron chi connectivity index (χ3n) is 4.34. The van der Waals surface area contributed by atoms with Crippen LogP contribution in [0.4, 0.5) is 10.1 Å². The molecule has 0 spiro atoms. The minimum Gasteiger partial charge on any atom is -0.360 e. The summed E-state index contributed by atoms with van der Waals surface area (Å²) in [4.78, 5) is 16.5. The van der Waals surface area contributed by atoms with Crippen molar-refractivity contribution < 1.29 is 13.7 Å². The average Bonchev–Trinajstić information content (AvgIpc) is 2.98. The Morgan fingerprint density at radius 3 is 2.56 bits per heavy atom. The molecule has 1 aromatic carbocycles. The van der Waals surface area contributed by atoms with Crippen molar-refractivity contribution in [2.24, 2.45) is 0 Å². The van der Waals surface area contributed by atoms with Gasteiger partial charge in [-0.15, -0.1) is 0 Å². The molecular weight excluding hydrogens is 323 g/mol. The molecule has 1 saturated heterocycles. The summed E-state index contributed by atoms with van der Waals surface area (Å²) in [5.74, 6) is 0.432. The van der Waals surface area contributed by atoms with Crippen LogP contribution in [0.15, 0.2) is 28.8 Å². The van der Waals surface area contributed by atoms with Crippen molar-refractivity contribution in [1.29, 1.82) is 0 Å². The summed E-state index contributed by atoms with van der Waals surface area (Å²) in [7, 11) is 0. The molecule has 1 fully saturated rings. The summed E-state index contributed by atoms with van der Waals surface area (Å²) in [6.07, 6.45) is 0. The number of aryl methyl sites for hydroxylation is 2. The van der Waals surface area contributed by atoms with Crippen molar-refractivity contribution in [2.75, 3.05) is 38.0 Å². The highest BCUT2D eigenvalue weighted by Crippen LogP contribution is 2.14. The smallest absolute Gasteiger partial charge is 0.238 e. The number of halogens is 1. The summed E-state index contributed by atoms with van der Waals surface area (Å²) < 4.78 is 18.8. The van der Waals surface area contributed by atoms with Gasteiger partial charge in [-0.05, 0) is 31.5 Å². The zero-order chi connectivity index (χ0) is 17.8. The van der Waals surface area contributed by atoms with E-state index in [1.54, 1.807) is 19.1 Å². The maximum absolute atomic E-state index is 13.5. The summed E-state index contributed by atoms with van der Waals surface area (Å²) in [5.41, 5.74) is 1.95. The van der Waals surface area contributed by atoms with Crippen LogP contribution in [0, 0.1) is 19.7 Å². The quantitative estimate of drug-likeness (QED) is 0.899. The minimum atomic E-state index is -0.311. The van der Waals surface area contributed by atoms with Crippen molar-refractivity contribution in [3.63, 3.8) is 0 Å². The topological polar surface area (TPSA) is 61.6 Å². The van der Waals surface area contributed by atoms with Crippen LogP contribution in [0.1, 0.15) is 17.0 Å². The normalized spacial score (nSPS) is 16.1. The van der Waals surface area contributed by atoms with Crippen LogP contribution in [0.5, 0.6) is 0 Å². The molecule has 1 aromatic heterocycles. The second-order valence-electron chi connectivity index (χ2n) is 6.50. The van der Waals surface area contributed by atoms with Gasteiger partial charge in [-0.3, -0.25) is 14.6 Å². The molecule has 1 amide bonds. The molecule has 1 aliphatic heterocycles. The molecule has 7 heteroatoms. The molecular formula is C18H23FN4O2. The van der Waals surface area contributed by atoms with Gasteiger partial charge in [0.15, 0.2) is 5.76 Å². The summed E-state index contributed by atoms with van der Waals surface area (Å²) >= 11 is 0. The van der Waals surface area contributed by atoms with E-state index in [-0.39, 0.29) is 11.7 Å². The standard InChI is InChI=1S/C18H23FN4O2/c1-13-3-4-15(10-17(13)19)20-18(24)12-23-7-5-22(6-8-23)11-16-9-14(2)21-25-16/h3-4,9-10H,5-8,11-12H2,1-2H3,(H,20,24). The van der Waals surface area contributed by atoms with E-state index >= 15 is 0 Å². The Kier molecular flexibility index (Phi) is 5.45. The number of hydrogen-bond donors (Lipinski definition) is 1. The number of anilines is 1. The number of aromatic nitrogens is 1. The lowest BCUT2D eigenvalue weighted by Crippen LogP contribution is -2.48. The molecule has 0 aliphatic carbocycles. The first-order chi connectivity index (χ1) is 12.0. The van der Waals surface area contributed by atoms with Gasteiger partial charge < -0.3 is 9.84 Å². The number of carbonyl (C=O) groups excluding carboxylic acids is 1. The summed E-state index contributed by atoms with van der Waals surface area (Å²) in [6.45, 7) is 8.00. The third kappa shape index (κ3) is 4.87. The van der Waals surface area contributed by atoms with Gasteiger partial charge in [0.1, 0.15) is 5.82 Å². The average molecular weight is 346 g/mol. The van der Waals surface area contributed by atoms with Crippen molar-refractivity contribution in [3.05, 3.63) is 47.1 Å². The Hall–Kier alpha value is -2.25. The van der Waals surface area contributed by atoms with Crippen LogP contribution in [0.2, 0.25) is 0 Å². The van der Waals surface area contributed by atoms with Gasteiger partial charge in [-0.25, -0.2) is 4.39 Å². The highest BCUT2D eigenvalue weighted by molar-refractivity contribution is 5.92. The van der Waals surface area contributed by atoms with E-state index in [1.807, 2.05) is 13.0 Å². The van der Waals surface area contributed by atoms with Crippen molar-refractivity contribution in [1.82, 2.24) is 15.0 Å². The molecule has 0 radical (unpaired) electrons. The van der Waals surface area contributed by atoms with E-state index in [1.165, 1.54) is 6.07 Å². The maximum atomic E-state index is 13.5. The largest absolute Gasteiger partial charge is 0.360 e. The number of piperazine rings is 1. The molecule has 134 valence electrons. The van der Waals surface area contributed by atoms with Crippen LogP contribution >= 0.6 is 0 Å². The van der Waals surface area contributed by atoms with Crippen molar-refractivity contribution in [2.45, 2.75) is 20.4 Å². The second-order valence-corrected chi connectivity index (χ2v) is 6.50. The maximum Gasteiger partial charge on any atom is 0.238 e. The molecule has 0 bridgehead atoms. The molecule has 0 atom stereocenters. The van der Waals surface area contributed by atoms with Crippen LogP contribution in [-0.2, 0) is 11.3 Å². The van der Waals surface area contributed by atoms with Crippen LogP contribution in [0.25, 0.3) is 0 Å². The third-order valence-corrected chi connectivity index (χ3v) is 4.34. The van der Waals surface area contributed by atoms with Crippen molar-refractivity contribution >= 4 is 11.6 Å². The Bertz CT molecular complexity index is 738. The lowest BCUT2D eigenvalue weighted by molar-refractivity contribution is -0.117. The Morgan fingerprint density at radius 1 is 1.20 bits per heavy atom. The van der Waals surface area contributed by atoms with Crippen molar-refractivity contribution in [3.8, 4) is 0 Å². The predicted octanol–water partition coefficient (Wildman–Crippen LogP) is 2.19. The van der Waals surface area contributed by atoms with Gasteiger partial charge >= 0.3 is 0 Å². The minimum absolute atomic E-state index is 0.123. The molecule has 6 nitrogen and oxygen atoms in total. The number of carbonyl (C=O) groups is 1. The van der Waals surface area contributed by atoms with E-state index in [2.05, 4.69) is 20.3 Å². The van der Waals surface area contributed by atoms with E-state index in [4.69, 9.17) is 4.52 Å². The van der Waals surface area contributed by atoms with Crippen LogP contribution in [0.3, 0.4) is 0 Å². The van der Waals surface area contributed by atoms with Gasteiger partial charge in [0.25, 0.3) is 0 Å². The summed E-state index contributed by atoms with van der Waals surface area (Å²) in [6, 6.07) is 6.67. The monoisotopic (exact) mass is 346 g/mol. The first kappa shape index (κ1) is 17.6. The highest BCUT2D eigenvalue weighted by atomic mass is 19.1. The lowest BCUT2D eigenvalue weighted by Gasteiger charge is -2.33. The number of nitrogens with one attached hydrogen (secondary N) is 1. The highest BCUT2D eigenvalue weighted by Gasteiger charge is 2.20. The van der Waals surface area contributed by atoms with Gasteiger partial charge in [-0.1, -0.05) is 11.2 Å². The molecule has 2 heterocycles. The Balaban J connectivity index is 1.43. The number of nitrogens with zero attached hydrogens (tertiary/aromatic N) is 3. The molecule has 1 N–H and O–H groups in total. The van der Waals surface area contributed by atoms with Crippen LogP contribution in [-0.4, -0.2) is 53.6 Å².